The van der Waals surface area contributed by atoms with E-state index in [1.807, 2.05) is 0 Å². The molecule has 0 saturated heterocycles. The molecule has 2 heterocycles. The van der Waals surface area contributed by atoms with Crippen molar-refractivity contribution in [3.8, 4) is 0 Å². The van der Waals surface area contributed by atoms with E-state index in [1.165, 1.54) is 30.1 Å². The molecule has 0 spiro atoms. The second-order valence-electron chi connectivity index (χ2n) is 7.24. The summed E-state index contributed by atoms with van der Waals surface area (Å²) in [5.74, 6) is -0.836. The summed E-state index contributed by atoms with van der Waals surface area (Å²) in [4.78, 5) is 42.9. The number of esters is 1. The molecule has 3 aromatic rings. The van der Waals surface area contributed by atoms with Crippen molar-refractivity contribution in [1.82, 2.24) is 14.5 Å². The Hall–Kier alpha value is -3.55. The fraction of sp³-hybridized carbons (Fsp3) is 0.273. The highest BCUT2D eigenvalue weighted by Crippen LogP contribution is 2.17. The van der Waals surface area contributed by atoms with Crippen molar-refractivity contribution in [3.63, 3.8) is 0 Å². The van der Waals surface area contributed by atoms with Crippen molar-refractivity contribution in [1.29, 1.82) is 0 Å². The van der Waals surface area contributed by atoms with Crippen LogP contribution in [-0.2, 0) is 29.0 Å². The minimum atomic E-state index is -0.688. The number of ether oxygens (including phenoxy) is 1. The van der Waals surface area contributed by atoms with Gasteiger partial charge in [-0.05, 0) is 30.7 Å². The third-order valence-electron chi connectivity index (χ3n) is 5.17. The van der Waals surface area contributed by atoms with Crippen molar-refractivity contribution in [3.05, 3.63) is 75.6 Å². The summed E-state index contributed by atoms with van der Waals surface area (Å²) >= 11 is 0. The first-order valence-electron chi connectivity index (χ1n) is 9.62. The Kier molecular flexibility index (Phi) is 5.31. The monoisotopic (exact) mass is 409 g/mol. The number of rotatable bonds is 5. The van der Waals surface area contributed by atoms with Gasteiger partial charge < -0.3 is 9.64 Å². The lowest BCUT2D eigenvalue weighted by atomic mass is 10.1. The average Bonchev–Trinajstić information content (AvgIpc) is 3.22. The van der Waals surface area contributed by atoms with Crippen molar-refractivity contribution in [2.75, 3.05) is 13.7 Å². The molecule has 0 N–H and O–H groups in total. The van der Waals surface area contributed by atoms with Gasteiger partial charge in [0.1, 0.15) is 11.6 Å². The van der Waals surface area contributed by atoms with Crippen molar-refractivity contribution >= 4 is 22.8 Å². The Balaban J connectivity index is 1.43. The van der Waals surface area contributed by atoms with Gasteiger partial charge in [0.2, 0.25) is 0 Å². The zero-order valence-electron chi connectivity index (χ0n) is 16.4. The molecule has 30 heavy (non-hydrogen) atoms. The van der Waals surface area contributed by atoms with Crippen LogP contribution in [-0.4, -0.2) is 40.0 Å². The minimum Gasteiger partial charge on any atom is -0.452 e. The zero-order chi connectivity index (χ0) is 21.3. The maximum absolute atomic E-state index is 13.7. The van der Waals surface area contributed by atoms with E-state index in [0.717, 1.165) is 12.8 Å². The van der Waals surface area contributed by atoms with Crippen LogP contribution < -0.4 is 5.56 Å². The van der Waals surface area contributed by atoms with Gasteiger partial charge in [-0.2, -0.15) is 0 Å². The van der Waals surface area contributed by atoms with E-state index in [2.05, 4.69) is 4.98 Å². The molecule has 2 aromatic carbocycles. The summed E-state index contributed by atoms with van der Waals surface area (Å²) in [5.41, 5.74) is 0.906. The summed E-state index contributed by atoms with van der Waals surface area (Å²) < 4.78 is 20.5. The number of aryl methyl sites for hydroxylation is 1. The van der Waals surface area contributed by atoms with Crippen LogP contribution in [0.1, 0.15) is 28.2 Å². The van der Waals surface area contributed by atoms with Crippen LogP contribution in [0.2, 0.25) is 0 Å². The summed E-state index contributed by atoms with van der Waals surface area (Å²) in [6, 6.07) is 10.7. The molecule has 0 bridgehead atoms. The molecular formula is C22H20FN3O4. The third kappa shape index (κ3) is 3.80. The van der Waals surface area contributed by atoms with Crippen LogP contribution in [0.3, 0.4) is 0 Å². The van der Waals surface area contributed by atoms with Gasteiger partial charge in [0.15, 0.2) is 6.61 Å². The second kappa shape index (κ2) is 8.06. The largest absolute Gasteiger partial charge is 0.452 e. The van der Waals surface area contributed by atoms with Gasteiger partial charge in [0.25, 0.3) is 11.5 Å². The van der Waals surface area contributed by atoms with Crippen LogP contribution in [0.15, 0.2) is 47.3 Å². The molecule has 0 unspecified atom stereocenters. The van der Waals surface area contributed by atoms with E-state index in [0.29, 0.717) is 28.8 Å². The Labute approximate surface area is 171 Å². The number of fused-ring (bicyclic) bond motifs is 2. The van der Waals surface area contributed by atoms with Crippen molar-refractivity contribution < 1.29 is 18.7 Å². The SMILES string of the molecule is CN(Cc1ccccc1F)C(=O)COC(=O)c1ccc2c(=O)n3c(nc2c1)CCC3. The highest BCUT2D eigenvalue weighted by Gasteiger charge is 2.19. The average molecular weight is 409 g/mol. The van der Waals surface area contributed by atoms with Crippen LogP contribution in [0.4, 0.5) is 4.39 Å². The number of hydrogen-bond donors (Lipinski definition) is 0. The summed E-state index contributed by atoms with van der Waals surface area (Å²) in [6.07, 6.45) is 1.60. The standard InChI is InChI=1S/C22H20FN3O4/c1-25(12-15-5-2-3-6-17(15)23)20(27)13-30-22(29)14-8-9-16-18(11-14)24-19-7-4-10-26(19)21(16)28/h2-3,5-6,8-9,11H,4,7,10,12-13H2,1H3. The predicted octanol–water partition coefficient (Wildman–Crippen LogP) is 2.30. The van der Waals surface area contributed by atoms with Crippen molar-refractivity contribution in [2.45, 2.75) is 25.9 Å². The number of carbonyl (C=O) groups excluding carboxylic acids is 2. The first-order chi connectivity index (χ1) is 14.4. The third-order valence-corrected chi connectivity index (χ3v) is 5.17. The fourth-order valence-corrected chi connectivity index (χ4v) is 3.50. The van der Waals surface area contributed by atoms with Gasteiger partial charge in [-0.1, -0.05) is 18.2 Å². The molecule has 0 saturated carbocycles. The van der Waals surface area contributed by atoms with Gasteiger partial charge in [-0.15, -0.1) is 0 Å². The smallest absolute Gasteiger partial charge is 0.338 e. The molecule has 154 valence electrons. The van der Waals surface area contributed by atoms with Gasteiger partial charge >= 0.3 is 5.97 Å². The molecular weight excluding hydrogens is 389 g/mol. The number of likely N-dealkylation sites (N-methyl/N-ethyl adjacent to an activating group) is 1. The molecule has 0 aliphatic carbocycles. The van der Waals surface area contributed by atoms with E-state index in [-0.39, 0.29) is 17.7 Å². The molecule has 4 rings (SSSR count). The number of carbonyl (C=O) groups is 2. The summed E-state index contributed by atoms with van der Waals surface area (Å²) in [5, 5.41) is 0.442. The second-order valence-corrected chi connectivity index (χ2v) is 7.24. The molecule has 1 amide bonds. The molecule has 7 nitrogen and oxygen atoms in total. The molecule has 0 fully saturated rings. The lowest BCUT2D eigenvalue weighted by Crippen LogP contribution is -2.31. The molecule has 1 aliphatic rings. The van der Waals surface area contributed by atoms with Gasteiger partial charge in [0, 0.05) is 32.1 Å². The number of halogens is 1. The van der Waals surface area contributed by atoms with Gasteiger partial charge in [0.05, 0.1) is 16.5 Å². The van der Waals surface area contributed by atoms with Crippen LogP contribution in [0.25, 0.3) is 10.9 Å². The fourth-order valence-electron chi connectivity index (χ4n) is 3.50. The van der Waals surface area contributed by atoms with Crippen LogP contribution in [0.5, 0.6) is 0 Å². The molecule has 0 atom stereocenters. The van der Waals surface area contributed by atoms with Crippen LogP contribution >= 0.6 is 0 Å². The molecule has 0 radical (unpaired) electrons. The number of nitrogens with zero attached hydrogens (tertiary/aromatic N) is 3. The Morgan fingerprint density at radius 2 is 2.03 bits per heavy atom. The lowest BCUT2D eigenvalue weighted by Gasteiger charge is -2.17. The lowest BCUT2D eigenvalue weighted by molar-refractivity contribution is -0.133. The first kappa shape index (κ1) is 19.8. The summed E-state index contributed by atoms with van der Waals surface area (Å²) in [7, 11) is 1.51. The van der Waals surface area contributed by atoms with E-state index >= 15 is 0 Å². The first-order valence-corrected chi connectivity index (χ1v) is 9.62. The normalized spacial score (nSPS) is 12.6. The Morgan fingerprint density at radius 1 is 1.23 bits per heavy atom. The maximum Gasteiger partial charge on any atom is 0.338 e. The topological polar surface area (TPSA) is 81.5 Å². The molecule has 8 heteroatoms. The molecule has 1 aliphatic heterocycles. The highest BCUT2D eigenvalue weighted by molar-refractivity contribution is 5.95. The van der Waals surface area contributed by atoms with E-state index < -0.39 is 24.3 Å². The van der Waals surface area contributed by atoms with E-state index in [9.17, 15) is 18.8 Å². The molecule has 1 aromatic heterocycles. The number of hydrogen-bond acceptors (Lipinski definition) is 5. The minimum absolute atomic E-state index is 0.0675. The van der Waals surface area contributed by atoms with E-state index in [1.54, 1.807) is 28.8 Å². The maximum atomic E-state index is 13.7. The zero-order valence-corrected chi connectivity index (χ0v) is 16.4. The van der Waals surface area contributed by atoms with Gasteiger partial charge in [-0.3, -0.25) is 14.2 Å². The number of aromatic nitrogens is 2. The predicted molar refractivity (Wildman–Crippen MR) is 107 cm³/mol. The van der Waals surface area contributed by atoms with E-state index in [4.69, 9.17) is 4.74 Å². The highest BCUT2D eigenvalue weighted by atomic mass is 19.1. The summed E-state index contributed by atoms with van der Waals surface area (Å²) in [6.45, 7) is 0.253. The quantitative estimate of drug-likeness (QED) is 0.604. The Morgan fingerprint density at radius 3 is 2.83 bits per heavy atom. The number of amides is 1. The Bertz CT molecular complexity index is 1200. The number of benzene rings is 2. The van der Waals surface area contributed by atoms with Crippen molar-refractivity contribution in [2.24, 2.45) is 0 Å². The van der Waals surface area contributed by atoms with Gasteiger partial charge in [-0.25, -0.2) is 14.2 Å². The van der Waals surface area contributed by atoms with Crippen LogP contribution in [0, 0.1) is 5.82 Å².